The van der Waals surface area contributed by atoms with E-state index in [0.717, 1.165) is 83.8 Å². The Morgan fingerprint density at radius 1 is 0.415 bits per heavy atom. The second kappa shape index (κ2) is 41.8. The Morgan fingerprint density at radius 2 is 0.692 bits per heavy atom. The Balaban J connectivity index is 2.04. The van der Waals surface area contributed by atoms with Gasteiger partial charge in [-0.15, -0.1) is 0 Å². The van der Waals surface area contributed by atoms with Crippen LogP contribution in [0.3, 0.4) is 0 Å². The first-order valence-electron chi connectivity index (χ1n) is 29.6. The molecular formula is C59H113NO5. The van der Waals surface area contributed by atoms with Crippen molar-refractivity contribution in [3.63, 3.8) is 0 Å². The number of esters is 2. The van der Waals surface area contributed by atoms with E-state index in [4.69, 9.17) is 14.2 Å². The third kappa shape index (κ3) is 30.9. The molecule has 1 unspecified atom stereocenters. The standard InChI is InChI=1S/C59H113NO5/c1-6-11-16-21-27-34-41-52(60-53-48-59(49-53)50-63-51-59)42-35-28-26-33-40-47-56(57(61)64-54(43-36-29-22-17-12-7-2)44-37-30-23-18-13-8-3)58(62)65-55(45-38-31-24-19-14-9-4)46-39-32-25-20-15-10-5/h52-56,60H,6-51H2,1-5H3. The first kappa shape index (κ1) is 60.0. The van der Waals surface area contributed by atoms with Crippen molar-refractivity contribution < 1.29 is 23.8 Å². The molecule has 2 aliphatic rings. The number of rotatable bonds is 49. The lowest BCUT2D eigenvalue weighted by molar-refractivity contribution is -0.169. The zero-order valence-corrected chi connectivity index (χ0v) is 44.5. The minimum atomic E-state index is -0.805. The molecule has 6 nitrogen and oxygen atoms in total. The summed E-state index contributed by atoms with van der Waals surface area (Å²) in [4.78, 5) is 28.6. The summed E-state index contributed by atoms with van der Waals surface area (Å²) >= 11 is 0. The van der Waals surface area contributed by atoms with Crippen LogP contribution in [0.15, 0.2) is 0 Å². The van der Waals surface area contributed by atoms with Crippen LogP contribution in [0.25, 0.3) is 0 Å². The van der Waals surface area contributed by atoms with E-state index in [1.807, 2.05) is 0 Å². The summed E-state index contributed by atoms with van der Waals surface area (Å²) in [6, 6.07) is 1.30. The normalized spacial score (nSPS) is 15.3. The summed E-state index contributed by atoms with van der Waals surface area (Å²) in [5.74, 6) is -1.41. The molecule has 1 saturated carbocycles. The monoisotopic (exact) mass is 916 g/mol. The molecule has 0 radical (unpaired) electrons. The lowest BCUT2D eigenvalue weighted by atomic mass is 9.64. The van der Waals surface area contributed by atoms with Crippen LogP contribution < -0.4 is 5.32 Å². The third-order valence-electron chi connectivity index (χ3n) is 15.3. The van der Waals surface area contributed by atoms with Gasteiger partial charge in [-0.3, -0.25) is 9.59 Å². The van der Waals surface area contributed by atoms with Crippen molar-refractivity contribution in [1.29, 1.82) is 0 Å². The zero-order chi connectivity index (χ0) is 46.9. The van der Waals surface area contributed by atoms with Crippen LogP contribution >= 0.6 is 0 Å². The molecule has 65 heavy (non-hydrogen) atoms. The van der Waals surface area contributed by atoms with Crippen LogP contribution in [0.2, 0.25) is 0 Å². The first-order chi connectivity index (χ1) is 31.9. The van der Waals surface area contributed by atoms with E-state index in [9.17, 15) is 9.59 Å². The summed E-state index contributed by atoms with van der Waals surface area (Å²) in [5, 5.41) is 4.09. The molecule has 1 spiro atoms. The highest BCUT2D eigenvalue weighted by molar-refractivity contribution is 5.95. The molecule has 0 aromatic carbocycles. The summed E-state index contributed by atoms with van der Waals surface area (Å²) in [6.45, 7) is 13.3. The topological polar surface area (TPSA) is 73.9 Å². The molecule has 1 aliphatic carbocycles. The van der Waals surface area contributed by atoms with Crippen LogP contribution in [0.5, 0.6) is 0 Å². The fraction of sp³-hybridized carbons (Fsp3) is 0.966. The zero-order valence-electron chi connectivity index (χ0n) is 44.5. The van der Waals surface area contributed by atoms with Crippen LogP contribution in [0, 0.1) is 11.3 Å². The number of nitrogens with one attached hydrogen (secondary N) is 1. The van der Waals surface area contributed by atoms with E-state index in [-0.39, 0.29) is 24.1 Å². The Labute approximate surface area is 405 Å². The van der Waals surface area contributed by atoms with E-state index in [1.54, 1.807) is 0 Å². The maximum atomic E-state index is 14.3. The second-order valence-corrected chi connectivity index (χ2v) is 21.8. The number of carbonyl (C=O) groups excluding carboxylic acids is 2. The molecule has 1 atom stereocenters. The molecule has 384 valence electrons. The number of hydrogen-bond acceptors (Lipinski definition) is 6. The van der Waals surface area contributed by atoms with Gasteiger partial charge in [-0.25, -0.2) is 0 Å². The number of ether oxygens (including phenoxy) is 3. The predicted octanol–water partition coefficient (Wildman–Crippen LogP) is 18.0. The molecule has 1 saturated heterocycles. The lowest BCUT2D eigenvalue weighted by Crippen LogP contribution is -2.60. The largest absolute Gasteiger partial charge is 0.462 e. The molecular weight excluding hydrogens is 803 g/mol. The average Bonchev–Trinajstić information content (AvgIpc) is 3.27. The van der Waals surface area contributed by atoms with Gasteiger partial charge in [0.05, 0.1) is 13.2 Å². The highest BCUT2D eigenvalue weighted by Gasteiger charge is 2.49. The Kier molecular flexibility index (Phi) is 38.6. The SMILES string of the molecule is CCCCCCCCC(CCCCCCCC(C(=O)OC(CCCCCCCC)CCCCCCCC)C(=O)OC(CCCCCCCC)CCCCCCCC)NC1CC2(COC2)C1. The van der Waals surface area contributed by atoms with Gasteiger partial charge in [0, 0.05) is 17.5 Å². The van der Waals surface area contributed by atoms with E-state index < -0.39 is 5.92 Å². The number of hydrogen-bond donors (Lipinski definition) is 1. The van der Waals surface area contributed by atoms with Gasteiger partial charge in [0.15, 0.2) is 5.92 Å². The van der Waals surface area contributed by atoms with E-state index >= 15 is 0 Å². The van der Waals surface area contributed by atoms with Gasteiger partial charge < -0.3 is 19.5 Å². The number of unbranched alkanes of at least 4 members (excludes halogenated alkanes) is 29. The molecule has 1 aliphatic heterocycles. The molecule has 1 heterocycles. The molecule has 0 aromatic heterocycles. The van der Waals surface area contributed by atoms with Gasteiger partial charge in [-0.1, -0.05) is 234 Å². The minimum absolute atomic E-state index is 0.0948. The van der Waals surface area contributed by atoms with Gasteiger partial charge in [-0.2, -0.15) is 0 Å². The van der Waals surface area contributed by atoms with Gasteiger partial charge >= 0.3 is 11.9 Å². The van der Waals surface area contributed by atoms with Crippen LogP contribution in [0.4, 0.5) is 0 Å². The van der Waals surface area contributed by atoms with Crippen molar-refractivity contribution in [2.45, 2.75) is 341 Å². The molecule has 1 N–H and O–H groups in total. The summed E-state index contributed by atoms with van der Waals surface area (Å²) in [7, 11) is 0. The van der Waals surface area contributed by atoms with Crippen molar-refractivity contribution in [2.75, 3.05) is 13.2 Å². The number of carbonyl (C=O) groups is 2. The van der Waals surface area contributed by atoms with E-state index in [0.29, 0.717) is 23.9 Å². The quantitative estimate of drug-likeness (QED) is 0.0372. The van der Waals surface area contributed by atoms with Crippen LogP contribution in [-0.4, -0.2) is 49.4 Å². The Hall–Kier alpha value is -1.14. The van der Waals surface area contributed by atoms with Crippen molar-refractivity contribution in [2.24, 2.45) is 11.3 Å². The van der Waals surface area contributed by atoms with E-state index in [2.05, 4.69) is 39.9 Å². The lowest BCUT2D eigenvalue weighted by Gasteiger charge is -2.54. The highest BCUT2D eigenvalue weighted by Crippen LogP contribution is 2.47. The third-order valence-corrected chi connectivity index (χ3v) is 15.3. The van der Waals surface area contributed by atoms with Crippen LogP contribution in [-0.2, 0) is 23.8 Å². The Morgan fingerprint density at radius 3 is 0.985 bits per heavy atom. The maximum Gasteiger partial charge on any atom is 0.320 e. The minimum Gasteiger partial charge on any atom is -0.462 e. The van der Waals surface area contributed by atoms with Gasteiger partial charge in [-0.05, 0) is 83.5 Å². The molecule has 0 amide bonds. The van der Waals surface area contributed by atoms with Crippen LogP contribution in [0.1, 0.15) is 317 Å². The fourth-order valence-electron chi connectivity index (χ4n) is 10.8. The summed E-state index contributed by atoms with van der Waals surface area (Å²) < 4.78 is 18.4. The maximum absolute atomic E-state index is 14.3. The van der Waals surface area contributed by atoms with Gasteiger partial charge in [0.1, 0.15) is 12.2 Å². The smallest absolute Gasteiger partial charge is 0.320 e. The molecule has 2 fully saturated rings. The molecule has 2 rings (SSSR count). The van der Waals surface area contributed by atoms with Crippen molar-refractivity contribution in [3.8, 4) is 0 Å². The molecule has 0 aromatic rings. The predicted molar refractivity (Wildman–Crippen MR) is 279 cm³/mol. The van der Waals surface area contributed by atoms with Crippen molar-refractivity contribution in [3.05, 3.63) is 0 Å². The average molecular weight is 917 g/mol. The molecule has 0 bridgehead atoms. The second-order valence-electron chi connectivity index (χ2n) is 21.8. The van der Waals surface area contributed by atoms with E-state index in [1.165, 1.54) is 205 Å². The molecule has 6 heteroatoms. The first-order valence-corrected chi connectivity index (χ1v) is 29.6. The summed E-state index contributed by atoms with van der Waals surface area (Å²) in [5.41, 5.74) is 0.504. The highest BCUT2D eigenvalue weighted by atomic mass is 16.6. The van der Waals surface area contributed by atoms with Crippen molar-refractivity contribution >= 4 is 11.9 Å². The van der Waals surface area contributed by atoms with Gasteiger partial charge in [0.25, 0.3) is 0 Å². The van der Waals surface area contributed by atoms with Crippen molar-refractivity contribution in [1.82, 2.24) is 5.32 Å². The van der Waals surface area contributed by atoms with Gasteiger partial charge in [0.2, 0.25) is 0 Å². The fourth-order valence-corrected chi connectivity index (χ4v) is 10.8. The Bertz CT molecular complexity index is 987. The summed E-state index contributed by atoms with van der Waals surface area (Å²) in [6.07, 6.45) is 52.4.